The molecule has 0 saturated heterocycles. The lowest BCUT2D eigenvalue weighted by atomic mass is 10.1. The van der Waals surface area contributed by atoms with E-state index in [4.69, 9.17) is 5.11 Å². The lowest BCUT2D eigenvalue weighted by molar-refractivity contribution is -0.140. The summed E-state index contributed by atoms with van der Waals surface area (Å²) in [6, 6.07) is -1.45. The van der Waals surface area contributed by atoms with Gasteiger partial charge in [-0.05, 0) is 12.3 Å². The quantitative estimate of drug-likeness (QED) is 0.748. The molecule has 0 spiro atoms. The Labute approximate surface area is 112 Å². The van der Waals surface area contributed by atoms with Gasteiger partial charge in [0.1, 0.15) is 6.04 Å². The first-order chi connectivity index (χ1) is 8.85. The Bertz CT molecular complexity index is 468. The number of nitrogens with one attached hydrogen (secondary N) is 2. The molecule has 0 fully saturated rings. The van der Waals surface area contributed by atoms with Crippen molar-refractivity contribution in [3.8, 4) is 0 Å². The van der Waals surface area contributed by atoms with E-state index in [0.717, 1.165) is 5.69 Å². The van der Waals surface area contributed by atoms with Crippen LogP contribution in [0.3, 0.4) is 0 Å². The van der Waals surface area contributed by atoms with Gasteiger partial charge in [0.15, 0.2) is 0 Å². The maximum absolute atomic E-state index is 11.8. The highest BCUT2D eigenvalue weighted by atomic mass is 16.4. The molecule has 106 valence electrons. The maximum atomic E-state index is 11.8. The molecule has 1 atom stereocenters. The third-order valence-electron chi connectivity index (χ3n) is 2.71. The molecule has 1 aromatic rings. The van der Waals surface area contributed by atoms with Crippen LogP contribution in [0.25, 0.3) is 0 Å². The first-order valence-corrected chi connectivity index (χ1v) is 6.18. The lowest BCUT2D eigenvalue weighted by Gasteiger charge is -2.18. The molecule has 7 heteroatoms. The van der Waals surface area contributed by atoms with Crippen LogP contribution in [0.15, 0.2) is 6.20 Å². The number of carboxylic acid groups (broad SMARTS) is 1. The van der Waals surface area contributed by atoms with Crippen LogP contribution in [-0.4, -0.2) is 32.9 Å². The van der Waals surface area contributed by atoms with Crippen LogP contribution in [0, 0.1) is 5.92 Å². The average molecular weight is 268 g/mol. The summed E-state index contributed by atoms with van der Waals surface area (Å²) in [4.78, 5) is 22.8. The van der Waals surface area contributed by atoms with Crippen molar-refractivity contribution in [2.24, 2.45) is 13.0 Å². The predicted octanol–water partition coefficient (Wildman–Crippen LogP) is 1.21. The molecule has 0 aromatic carbocycles. The van der Waals surface area contributed by atoms with E-state index in [1.807, 2.05) is 6.92 Å². The minimum Gasteiger partial charge on any atom is -0.480 e. The first kappa shape index (κ1) is 15.0. The summed E-state index contributed by atoms with van der Waals surface area (Å²) in [5.41, 5.74) is 1.35. The molecule has 2 amide bonds. The third kappa shape index (κ3) is 3.97. The molecule has 0 aliphatic heterocycles. The van der Waals surface area contributed by atoms with E-state index < -0.39 is 18.0 Å². The third-order valence-corrected chi connectivity index (χ3v) is 2.71. The largest absolute Gasteiger partial charge is 0.480 e. The van der Waals surface area contributed by atoms with Crippen LogP contribution in [0.4, 0.5) is 10.5 Å². The Morgan fingerprint density at radius 2 is 2.11 bits per heavy atom. The molecule has 3 N–H and O–H groups in total. The number of hydrogen-bond acceptors (Lipinski definition) is 3. The van der Waals surface area contributed by atoms with Gasteiger partial charge in [0.2, 0.25) is 0 Å². The zero-order valence-corrected chi connectivity index (χ0v) is 11.6. The standard InChI is InChI=1S/C12H20N4O3/c1-5-8-9(6-16(4)15-8)13-12(19)14-10(7(2)3)11(17)18/h6-7,10H,5H2,1-4H3,(H,17,18)(H2,13,14,19)/t10-/m0/s1. The summed E-state index contributed by atoms with van der Waals surface area (Å²) in [5, 5.41) is 18.3. The summed E-state index contributed by atoms with van der Waals surface area (Å²) in [6.07, 6.45) is 2.37. The minimum absolute atomic E-state index is 0.192. The van der Waals surface area contributed by atoms with Gasteiger partial charge in [-0.15, -0.1) is 0 Å². The Hall–Kier alpha value is -2.05. The van der Waals surface area contributed by atoms with Gasteiger partial charge in [0, 0.05) is 13.2 Å². The van der Waals surface area contributed by atoms with E-state index in [9.17, 15) is 9.59 Å². The summed E-state index contributed by atoms with van der Waals surface area (Å²) < 4.78 is 1.60. The number of nitrogens with zero attached hydrogens (tertiary/aromatic N) is 2. The van der Waals surface area contributed by atoms with E-state index in [-0.39, 0.29) is 5.92 Å². The topological polar surface area (TPSA) is 96.3 Å². The Balaban J connectivity index is 2.71. The van der Waals surface area contributed by atoms with Gasteiger partial charge in [-0.25, -0.2) is 9.59 Å². The first-order valence-electron chi connectivity index (χ1n) is 6.18. The number of carbonyl (C=O) groups excluding carboxylic acids is 1. The second kappa shape index (κ2) is 6.21. The molecule has 1 aromatic heterocycles. The number of rotatable bonds is 5. The van der Waals surface area contributed by atoms with Crippen molar-refractivity contribution >= 4 is 17.7 Å². The minimum atomic E-state index is -1.05. The Morgan fingerprint density at radius 1 is 1.47 bits per heavy atom. The van der Waals surface area contributed by atoms with Gasteiger partial charge >= 0.3 is 12.0 Å². The van der Waals surface area contributed by atoms with Gasteiger partial charge in [-0.1, -0.05) is 20.8 Å². The molecule has 0 saturated carbocycles. The van der Waals surface area contributed by atoms with Gasteiger partial charge in [-0.2, -0.15) is 5.10 Å². The molecule has 0 unspecified atom stereocenters. The number of carbonyl (C=O) groups is 2. The number of amides is 2. The summed E-state index contributed by atoms with van der Waals surface area (Å²) in [5.74, 6) is -1.24. The molecule has 0 aliphatic carbocycles. The zero-order chi connectivity index (χ0) is 14.6. The summed E-state index contributed by atoms with van der Waals surface area (Å²) in [7, 11) is 1.76. The fraction of sp³-hybridized carbons (Fsp3) is 0.583. The normalized spacial score (nSPS) is 12.3. The highest BCUT2D eigenvalue weighted by molar-refractivity contribution is 5.92. The van der Waals surface area contributed by atoms with Gasteiger partial charge in [0.25, 0.3) is 0 Å². The van der Waals surface area contributed by atoms with Gasteiger partial charge in [0.05, 0.1) is 11.4 Å². The number of aromatic nitrogens is 2. The van der Waals surface area contributed by atoms with Crippen LogP contribution in [0.1, 0.15) is 26.5 Å². The molecule has 1 heterocycles. The Kier molecular flexibility index (Phi) is 4.91. The molecule has 0 bridgehead atoms. The number of aliphatic carboxylic acids is 1. The van der Waals surface area contributed by atoms with Crippen LogP contribution >= 0.6 is 0 Å². The number of urea groups is 1. The van der Waals surface area contributed by atoms with Crippen LogP contribution in [0.5, 0.6) is 0 Å². The van der Waals surface area contributed by atoms with Crippen molar-refractivity contribution in [3.05, 3.63) is 11.9 Å². The monoisotopic (exact) mass is 268 g/mol. The van der Waals surface area contributed by atoms with E-state index >= 15 is 0 Å². The molecule has 0 radical (unpaired) electrons. The fourth-order valence-corrected chi connectivity index (χ4v) is 1.71. The number of hydrogen-bond donors (Lipinski definition) is 3. The second-order valence-electron chi connectivity index (χ2n) is 4.68. The van der Waals surface area contributed by atoms with Crippen molar-refractivity contribution in [2.45, 2.75) is 33.2 Å². The highest BCUT2D eigenvalue weighted by Crippen LogP contribution is 2.13. The molecular weight excluding hydrogens is 248 g/mol. The molecule has 7 nitrogen and oxygen atoms in total. The maximum Gasteiger partial charge on any atom is 0.326 e. The lowest BCUT2D eigenvalue weighted by Crippen LogP contribution is -2.46. The summed E-state index contributed by atoms with van der Waals surface area (Å²) >= 11 is 0. The van der Waals surface area contributed by atoms with E-state index in [0.29, 0.717) is 12.1 Å². The van der Waals surface area contributed by atoms with Crippen molar-refractivity contribution < 1.29 is 14.7 Å². The van der Waals surface area contributed by atoms with E-state index in [1.54, 1.807) is 31.8 Å². The fourth-order valence-electron chi connectivity index (χ4n) is 1.71. The van der Waals surface area contributed by atoms with Crippen LogP contribution < -0.4 is 10.6 Å². The number of carboxylic acids is 1. The van der Waals surface area contributed by atoms with Crippen molar-refractivity contribution in [1.82, 2.24) is 15.1 Å². The predicted molar refractivity (Wildman–Crippen MR) is 71.0 cm³/mol. The van der Waals surface area contributed by atoms with Crippen LogP contribution in [0.2, 0.25) is 0 Å². The summed E-state index contributed by atoms with van der Waals surface area (Å²) in [6.45, 7) is 5.40. The number of anilines is 1. The van der Waals surface area contributed by atoms with Crippen molar-refractivity contribution in [3.63, 3.8) is 0 Å². The van der Waals surface area contributed by atoms with E-state index in [1.165, 1.54) is 0 Å². The van der Waals surface area contributed by atoms with Gasteiger partial charge in [-0.3, -0.25) is 4.68 Å². The SMILES string of the molecule is CCc1nn(C)cc1NC(=O)N[C@H](C(=O)O)C(C)C. The number of aryl methyl sites for hydroxylation is 2. The molecule has 0 aliphatic rings. The highest BCUT2D eigenvalue weighted by Gasteiger charge is 2.23. The van der Waals surface area contributed by atoms with Crippen molar-refractivity contribution in [1.29, 1.82) is 0 Å². The average Bonchev–Trinajstić information content (AvgIpc) is 2.65. The van der Waals surface area contributed by atoms with E-state index in [2.05, 4.69) is 15.7 Å². The zero-order valence-electron chi connectivity index (χ0n) is 11.6. The van der Waals surface area contributed by atoms with Crippen LogP contribution in [-0.2, 0) is 18.3 Å². The van der Waals surface area contributed by atoms with Crippen molar-refractivity contribution in [2.75, 3.05) is 5.32 Å². The molecule has 1 rings (SSSR count). The van der Waals surface area contributed by atoms with Gasteiger partial charge < -0.3 is 15.7 Å². The Morgan fingerprint density at radius 3 is 2.58 bits per heavy atom. The smallest absolute Gasteiger partial charge is 0.326 e. The second-order valence-corrected chi connectivity index (χ2v) is 4.68. The molecule has 19 heavy (non-hydrogen) atoms. The molecular formula is C12H20N4O3.